The van der Waals surface area contributed by atoms with Crippen LogP contribution < -0.4 is 9.64 Å². The lowest BCUT2D eigenvalue weighted by atomic mass is 10.0. The zero-order chi connectivity index (χ0) is 26.1. The van der Waals surface area contributed by atoms with E-state index in [9.17, 15) is 19.8 Å². The molecule has 0 saturated carbocycles. The lowest BCUT2D eigenvalue weighted by Gasteiger charge is -2.34. The normalized spacial score (nSPS) is 21.8. The molecule has 0 spiro atoms. The molecule has 11 nitrogen and oxygen atoms in total. The number of aliphatic hydroxyl groups is 2. The first-order valence-corrected chi connectivity index (χ1v) is 11.4. The summed E-state index contributed by atoms with van der Waals surface area (Å²) in [6, 6.07) is 7.01. The predicted octanol–water partition coefficient (Wildman–Crippen LogP) is 2.12. The number of carbonyl (C=O) groups is 2. The van der Waals surface area contributed by atoms with Crippen LogP contribution in [-0.4, -0.2) is 85.0 Å². The molecule has 0 bridgehead atoms. The topological polar surface area (TPSA) is 143 Å². The van der Waals surface area contributed by atoms with Gasteiger partial charge in [-0.05, 0) is 24.3 Å². The summed E-state index contributed by atoms with van der Waals surface area (Å²) >= 11 is 6.56. The van der Waals surface area contributed by atoms with Crippen molar-refractivity contribution in [3.05, 3.63) is 41.0 Å². The lowest BCUT2D eigenvalue weighted by Crippen LogP contribution is -2.52. The van der Waals surface area contributed by atoms with Crippen LogP contribution in [0.2, 0.25) is 5.02 Å². The molecule has 1 fully saturated rings. The molecule has 1 saturated heterocycles. The van der Waals surface area contributed by atoms with Crippen molar-refractivity contribution >= 4 is 40.3 Å². The van der Waals surface area contributed by atoms with Crippen molar-refractivity contribution in [1.29, 1.82) is 0 Å². The van der Waals surface area contributed by atoms with Crippen LogP contribution >= 0.6 is 11.6 Å². The molecule has 0 radical (unpaired) electrons. The van der Waals surface area contributed by atoms with Gasteiger partial charge in [-0.2, -0.15) is 4.98 Å². The number of benzene rings is 1. The minimum atomic E-state index is -1.48. The number of hydrogen-bond acceptors (Lipinski definition) is 10. The Bertz CT molecular complexity index is 1290. The van der Waals surface area contributed by atoms with Gasteiger partial charge in [0.2, 0.25) is 12.2 Å². The molecule has 3 heterocycles. The molecule has 0 unspecified atom stereocenters. The van der Waals surface area contributed by atoms with E-state index in [-0.39, 0.29) is 12.0 Å². The maximum Gasteiger partial charge on any atom is 0.342 e. The van der Waals surface area contributed by atoms with Crippen molar-refractivity contribution in [2.24, 2.45) is 0 Å². The van der Waals surface area contributed by atoms with Crippen molar-refractivity contribution in [1.82, 2.24) is 9.97 Å². The molecule has 3 aromatic rings. The van der Waals surface area contributed by atoms with Gasteiger partial charge in [-0.1, -0.05) is 11.6 Å². The fraction of sp³-hybridized carbons (Fsp3) is 0.375. The number of ether oxygens (including phenoxy) is 4. The van der Waals surface area contributed by atoms with E-state index in [4.69, 9.17) is 25.8 Å². The van der Waals surface area contributed by atoms with Crippen LogP contribution in [0.1, 0.15) is 16.8 Å². The second-order valence-electron chi connectivity index (χ2n) is 8.42. The number of fused-ring (bicyclic) bond motifs is 1. The predicted molar refractivity (Wildman–Crippen MR) is 130 cm³/mol. The summed E-state index contributed by atoms with van der Waals surface area (Å²) < 4.78 is 20.8. The van der Waals surface area contributed by atoms with Crippen molar-refractivity contribution in [2.45, 2.75) is 31.0 Å². The summed E-state index contributed by atoms with van der Waals surface area (Å²) in [6.07, 6.45) is -4.31. The number of hydrogen-bond donors (Lipinski definition) is 3. The number of aromatic amines is 1. The molecule has 0 amide bonds. The largest absolute Gasteiger partial charge is 0.480 e. The highest BCUT2D eigenvalue weighted by molar-refractivity contribution is 6.34. The van der Waals surface area contributed by atoms with E-state index >= 15 is 0 Å². The molecule has 4 rings (SSSR count). The van der Waals surface area contributed by atoms with E-state index < -0.39 is 36.5 Å². The van der Waals surface area contributed by atoms with Gasteiger partial charge in [0.1, 0.15) is 11.9 Å². The van der Waals surface area contributed by atoms with Crippen molar-refractivity contribution in [3.63, 3.8) is 0 Å². The zero-order valence-corrected chi connectivity index (χ0v) is 20.8. The first kappa shape index (κ1) is 25.7. The molecular formula is C24H26ClN3O8. The smallest absolute Gasteiger partial charge is 0.342 e. The zero-order valence-electron chi connectivity index (χ0n) is 20.0. The second kappa shape index (κ2) is 10.3. The number of methoxy groups -OCH3 is 2. The fourth-order valence-corrected chi connectivity index (χ4v) is 4.24. The van der Waals surface area contributed by atoms with E-state index in [0.717, 1.165) is 7.11 Å². The third kappa shape index (κ3) is 4.82. The van der Waals surface area contributed by atoms with Crippen molar-refractivity contribution in [2.75, 3.05) is 33.2 Å². The Morgan fingerprint density at radius 2 is 1.92 bits per heavy atom. The Morgan fingerprint density at radius 3 is 2.58 bits per heavy atom. The summed E-state index contributed by atoms with van der Waals surface area (Å²) in [5.41, 5.74) is 1.92. The van der Waals surface area contributed by atoms with Crippen molar-refractivity contribution in [3.8, 4) is 17.0 Å². The maximum atomic E-state index is 13.0. The highest BCUT2D eigenvalue weighted by Gasteiger charge is 2.43. The minimum absolute atomic E-state index is 0.149. The molecule has 1 aliphatic rings. The lowest BCUT2D eigenvalue weighted by molar-refractivity contribution is -0.247. The van der Waals surface area contributed by atoms with Gasteiger partial charge in [0.25, 0.3) is 0 Å². The van der Waals surface area contributed by atoms with E-state index in [1.54, 1.807) is 12.1 Å². The number of esters is 2. The summed E-state index contributed by atoms with van der Waals surface area (Å²) in [7, 11) is 6.36. The quantitative estimate of drug-likeness (QED) is 0.414. The van der Waals surface area contributed by atoms with Gasteiger partial charge in [0.05, 0.1) is 30.9 Å². The van der Waals surface area contributed by atoms with Crippen molar-refractivity contribution < 1.29 is 38.7 Å². The molecule has 1 aromatic carbocycles. The average molecular weight is 520 g/mol. The van der Waals surface area contributed by atoms with Gasteiger partial charge in [0.15, 0.2) is 6.10 Å². The van der Waals surface area contributed by atoms with E-state index in [1.807, 2.05) is 31.1 Å². The number of halogens is 1. The summed E-state index contributed by atoms with van der Waals surface area (Å²) in [4.78, 5) is 34.2. The Hall–Kier alpha value is -3.38. The minimum Gasteiger partial charge on any atom is -0.480 e. The number of nitrogens with one attached hydrogen (secondary N) is 1. The fourth-order valence-electron chi connectivity index (χ4n) is 3.97. The Kier molecular flexibility index (Phi) is 7.36. The van der Waals surface area contributed by atoms with Gasteiger partial charge in [-0.15, -0.1) is 0 Å². The molecule has 192 valence electrons. The monoisotopic (exact) mass is 519 g/mol. The molecule has 36 heavy (non-hydrogen) atoms. The number of anilines is 1. The highest BCUT2D eigenvalue weighted by atomic mass is 35.5. The van der Waals surface area contributed by atoms with Crippen LogP contribution in [0.15, 0.2) is 30.5 Å². The molecule has 1 aliphatic heterocycles. The van der Waals surface area contributed by atoms with E-state index in [0.29, 0.717) is 38.8 Å². The second-order valence-corrected chi connectivity index (χ2v) is 8.83. The SMILES string of the molecule is COC(=O)[C@H]1O[C@@H](OC(=O)c2c[nH]c3cc(Cl)c(-c4ccc(N(C)C)nc4OC)cc23)[C@H](O)C[C@@H]1O. The number of aliphatic hydroxyl groups excluding tert-OH is 2. The Balaban J connectivity index is 1.66. The van der Waals surface area contributed by atoms with Crippen LogP contribution in [0.3, 0.4) is 0 Å². The Morgan fingerprint density at radius 1 is 1.17 bits per heavy atom. The molecule has 12 heteroatoms. The number of nitrogens with zero attached hydrogens (tertiary/aromatic N) is 2. The van der Waals surface area contributed by atoms with E-state index in [2.05, 4.69) is 14.7 Å². The maximum absolute atomic E-state index is 13.0. The van der Waals surface area contributed by atoms with Gasteiger partial charge >= 0.3 is 11.9 Å². The first-order chi connectivity index (χ1) is 17.1. The van der Waals surface area contributed by atoms with Crippen LogP contribution in [0.5, 0.6) is 5.88 Å². The summed E-state index contributed by atoms with van der Waals surface area (Å²) in [5, 5.41) is 21.2. The third-order valence-corrected chi connectivity index (χ3v) is 6.17. The molecular weight excluding hydrogens is 494 g/mol. The molecule has 4 atom stereocenters. The highest BCUT2D eigenvalue weighted by Crippen LogP contribution is 2.38. The van der Waals surface area contributed by atoms with Gasteiger partial charge in [0, 0.05) is 48.7 Å². The van der Waals surface area contributed by atoms with Gasteiger partial charge in [-0.25, -0.2) is 9.59 Å². The standard InChI is InChI=1S/C24H26ClN3O8/c1-28(2)19-6-5-11(21(27-19)33-3)12-7-13-14(10-26-16(13)8-15(12)25)22(31)36-24-18(30)9-17(29)20(35-24)23(32)34-4/h5-8,10,17-18,20,24,26,29-30H,9H2,1-4H3/t17-,18+,20-,24-/m0/s1. The van der Waals surface area contributed by atoms with Gasteiger partial charge < -0.3 is 39.0 Å². The van der Waals surface area contributed by atoms with Crippen LogP contribution in [-0.2, 0) is 19.0 Å². The van der Waals surface area contributed by atoms with Crippen LogP contribution in [0.25, 0.3) is 22.0 Å². The molecule has 0 aliphatic carbocycles. The summed E-state index contributed by atoms with van der Waals surface area (Å²) in [5.74, 6) is -0.607. The average Bonchev–Trinajstić information content (AvgIpc) is 3.26. The van der Waals surface area contributed by atoms with Gasteiger partial charge in [-0.3, -0.25) is 0 Å². The first-order valence-electron chi connectivity index (χ1n) is 11.0. The van der Waals surface area contributed by atoms with E-state index in [1.165, 1.54) is 13.3 Å². The van der Waals surface area contributed by atoms with Crippen LogP contribution in [0.4, 0.5) is 5.82 Å². The number of rotatable bonds is 6. The number of pyridine rings is 1. The molecule has 3 N–H and O–H groups in total. The summed E-state index contributed by atoms with van der Waals surface area (Å²) in [6.45, 7) is 0. The molecule has 2 aromatic heterocycles. The van der Waals surface area contributed by atoms with Crippen LogP contribution in [0, 0.1) is 0 Å². The number of carbonyl (C=O) groups excluding carboxylic acids is 2. The third-order valence-electron chi connectivity index (χ3n) is 5.86. The number of aromatic nitrogens is 2. The Labute approximate surface area is 211 Å². The number of H-pyrrole nitrogens is 1.